The quantitative estimate of drug-likeness (QED) is 0.901. The van der Waals surface area contributed by atoms with Crippen LogP contribution in [-0.2, 0) is 0 Å². The van der Waals surface area contributed by atoms with Gasteiger partial charge in [-0.1, -0.05) is 6.07 Å². The van der Waals surface area contributed by atoms with Gasteiger partial charge in [-0.2, -0.15) is 9.64 Å². The third kappa shape index (κ3) is 2.65. The lowest BCUT2D eigenvalue weighted by Crippen LogP contribution is -2.13. The van der Waals surface area contributed by atoms with Gasteiger partial charge < -0.3 is 10.4 Å². The fourth-order valence-electron chi connectivity index (χ4n) is 1.61. The van der Waals surface area contributed by atoms with Crippen LogP contribution < -0.4 is 5.32 Å². The smallest absolute Gasteiger partial charge is 0.340 e. The summed E-state index contributed by atoms with van der Waals surface area (Å²) >= 11 is 0.910. The number of amides is 1. The van der Waals surface area contributed by atoms with E-state index >= 15 is 0 Å². The van der Waals surface area contributed by atoms with Gasteiger partial charge in [0.25, 0.3) is 5.91 Å². The maximum atomic E-state index is 12.0. The molecule has 1 aromatic carbocycles. The fourth-order valence-corrected chi connectivity index (χ4v) is 2.40. The van der Waals surface area contributed by atoms with Crippen LogP contribution in [0, 0.1) is 18.3 Å². The van der Waals surface area contributed by atoms with Gasteiger partial charge in [-0.15, -0.1) is 0 Å². The molecule has 2 aromatic rings. The van der Waals surface area contributed by atoms with Crippen molar-refractivity contribution < 1.29 is 14.7 Å². The first-order chi connectivity index (χ1) is 9.52. The van der Waals surface area contributed by atoms with E-state index in [0.717, 1.165) is 11.5 Å². The van der Waals surface area contributed by atoms with Gasteiger partial charge in [0, 0.05) is 5.56 Å². The Kier molecular flexibility index (Phi) is 3.77. The molecule has 20 heavy (non-hydrogen) atoms. The lowest BCUT2D eigenvalue weighted by molar-refractivity contribution is 0.0697. The molecule has 2 rings (SSSR count). The third-order valence-corrected chi connectivity index (χ3v) is 3.41. The van der Waals surface area contributed by atoms with Gasteiger partial charge in [-0.3, -0.25) is 4.79 Å². The van der Waals surface area contributed by atoms with Crippen molar-refractivity contribution in [2.24, 2.45) is 0 Å². The summed E-state index contributed by atoms with van der Waals surface area (Å²) in [5.41, 5.74) is 0.978. The molecule has 0 aliphatic rings. The Hall–Kier alpha value is -2.72. The Bertz CT molecular complexity index is 731. The molecule has 0 spiro atoms. The second-order valence-electron chi connectivity index (χ2n) is 3.92. The van der Waals surface area contributed by atoms with Crippen molar-refractivity contribution in [3.63, 3.8) is 0 Å². The molecule has 0 aliphatic carbocycles. The van der Waals surface area contributed by atoms with Gasteiger partial charge in [0.1, 0.15) is 10.6 Å². The molecule has 1 heterocycles. The molecule has 2 N–H and O–H groups in total. The largest absolute Gasteiger partial charge is 0.478 e. The number of benzene rings is 1. The average molecular weight is 287 g/mol. The highest BCUT2D eigenvalue weighted by atomic mass is 32.1. The Labute approximate surface area is 118 Å². The minimum Gasteiger partial charge on any atom is -0.478 e. The summed E-state index contributed by atoms with van der Waals surface area (Å²) in [6, 6.07) is 8.08. The van der Waals surface area contributed by atoms with Crippen molar-refractivity contribution in [2.45, 2.75) is 6.92 Å². The van der Waals surface area contributed by atoms with Crippen molar-refractivity contribution in [1.82, 2.24) is 4.37 Å². The van der Waals surface area contributed by atoms with E-state index in [9.17, 15) is 9.59 Å². The number of aromatic carboxylic acids is 1. The number of carbonyl (C=O) groups is 2. The van der Waals surface area contributed by atoms with Crippen molar-refractivity contribution >= 4 is 28.4 Å². The van der Waals surface area contributed by atoms with E-state index < -0.39 is 11.9 Å². The van der Waals surface area contributed by atoms with Crippen LogP contribution in [0.2, 0.25) is 0 Å². The van der Waals surface area contributed by atoms with Gasteiger partial charge in [0.15, 0.2) is 0 Å². The number of anilines is 1. The van der Waals surface area contributed by atoms with E-state index in [2.05, 4.69) is 9.69 Å². The normalized spacial score (nSPS) is 9.80. The van der Waals surface area contributed by atoms with E-state index in [0.29, 0.717) is 11.3 Å². The maximum Gasteiger partial charge on any atom is 0.340 e. The van der Waals surface area contributed by atoms with Gasteiger partial charge >= 0.3 is 5.97 Å². The summed E-state index contributed by atoms with van der Waals surface area (Å²) in [5.74, 6) is -1.62. The zero-order valence-electron chi connectivity index (χ0n) is 10.4. The van der Waals surface area contributed by atoms with Crippen LogP contribution in [-0.4, -0.2) is 21.4 Å². The number of hydrogen-bond acceptors (Lipinski definition) is 5. The summed E-state index contributed by atoms with van der Waals surface area (Å²) in [4.78, 5) is 23.1. The summed E-state index contributed by atoms with van der Waals surface area (Å²) in [5, 5.41) is 20.5. The molecular weight excluding hydrogens is 278 g/mol. The van der Waals surface area contributed by atoms with Crippen LogP contribution >= 0.6 is 11.5 Å². The van der Waals surface area contributed by atoms with Crippen LogP contribution in [0.3, 0.4) is 0 Å². The number of hydrogen-bond donors (Lipinski definition) is 2. The van der Waals surface area contributed by atoms with E-state index in [4.69, 9.17) is 10.4 Å². The molecule has 0 saturated heterocycles. The molecule has 1 amide bonds. The molecule has 0 radical (unpaired) electrons. The molecule has 0 bridgehead atoms. The second kappa shape index (κ2) is 5.50. The van der Waals surface area contributed by atoms with Crippen LogP contribution in [0.4, 0.5) is 5.00 Å². The number of nitrogens with one attached hydrogen (secondary N) is 1. The van der Waals surface area contributed by atoms with E-state index in [1.165, 1.54) is 6.07 Å². The summed E-state index contributed by atoms with van der Waals surface area (Å²) < 4.78 is 3.91. The number of aryl methyl sites for hydroxylation is 1. The standard InChI is InChI=1S/C13H9N3O3S/c1-7-10(13(18)19)12(20-16-7)15-11(17)9-4-2-3-8(5-9)6-14/h2-5H,1H3,(H,15,17)(H,18,19). The maximum absolute atomic E-state index is 12.0. The lowest BCUT2D eigenvalue weighted by Gasteiger charge is -2.04. The average Bonchev–Trinajstić information content (AvgIpc) is 2.79. The van der Waals surface area contributed by atoms with E-state index in [-0.39, 0.29) is 16.1 Å². The molecule has 100 valence electrons. The Balaban J connectivity index is 2.28. The summed E-state index contributed by atoms with van der Waals surface area (Å²) in [6.07, 6.45) is 0. The van der Waals surface area contributed by atoms with Gasteiger partial charge in [-0.25, -0.2) is 4.79 Å². The second-order valence-corrected chi connectivity index (χ2v) is 4.70. The minimum absolute atomic E-state index is 0.0141. The molecule has 7 heteroatoms. The summed E-state index contributed by atoms with van der Waals surface area (Å²) in [7, 11) is 0. The van der Waals surface area contributed by atoms with Gasteiger partial charge in [0.2, 0.25) is 0 Å². The molecular formula is C13H9N3O3S. The Morgan fingerprint density at radius 1 is 1.45 bits per heavy atom. The highest BCUT2D eigenvalue weighted by Gasteiger charge is 2.19. The van der Waals surface area contributed by atoms with Crippen LogP contribution in [0.15, 0.2) is 24.3 Å². The molecule has 0 atom stereocenters. The van der Waals surface area contributed by atoms with E-state index in [1.54, 1.807) is 25.1 Å². The Morgan fingerprint density at radius 3 is 2.85 bits per heavy atom. The first-order valence-corrected chi connectivity index (χ1v) is 6.31. The SMILES string of the molecule is Cc1nsc(NC(=O)c2cccc(C#N)c2)c1C(=O)O. The number of carbonyl (C=O) groups excluding carboxylic acids is 1. The zero-order valence-corrected chi connectivity index (χ0v) is 11.2. The third-order valence-electron chi connectivity index (χ3n) is 2.56. The van der Waals surface area contributed by atoms with Crippen LogP contribution in [0.5, 0.6) is 0 Å². The van der Waals surface area contributed by atoms with Crippen LogP contribution in [0.25, 0.3) is 0 Å². The predicted molar refractivity (Wildman–Crippen MR) is 72.9 cm³/mol. The minimum atomic E-state index is -1.14. The van der Waals surface area contributed by atoms with Gasteiger partial charge in [-0.05, 0) is 36.7 Å². The fraction of sp³-hybridized carbons (Fsp3) is 0.0769. The van der Waals surface area contributed by atoms with Crippen molar-refractivity contribution in [3.8, 4) is 6.07 Å². The first kappa shape index (κ1) is 13.7. The highest BCUT2D eigenvalue weighted by Crippen LogP contribution is 2.25. The van der Waals surface area contributed by atoms with E-state index in [1.807, 2.05) is 6.07 Å². The number of carboxylic acids is 1. The number of carboxylic acid groups (broad SMARTS) is 1. The molecule has 0 saturated carbocycles. The number of rotatable bonds is 3. The highest BCUT2D eigenvalue weighted by molar-refractivity contribution is 7.11. The number of nitriles is 1. The topological polar surface area (TPSA) is 103 Å². The molecule has 0 unspecified atom stereocenters. The molecule has 0 fully saturated rings. The zero-order chi connectivity index (χ0) is 14.7. The predicted octanol–water partition coefficient (Wildman–Crippen LogP) is 2.27. The number of aromatic nitrogens is 1. The summed E-state index contributed by atoms with van der Waals surface area (Å²) in [6.45, 7) is 1.56. The monoisotopic (exact) mass is 287 g/mol. The first-order valence-electron chi connectivity index (χ1n) is 5.54. The molecule has 0 aliphatic heterocycles. The van der Waals surface area contributed by atoms with Crippen LogP contribution in [0.1, 0.15) is 32.0 Å². The van der Waals surface area contributed by atoms with Gasteiger partial charge in [0.05, 0.1) is 17.3 Å². The Morgan fingerprint density at radius 2 is 2.20 bits per heavy atom. The number of nitrogens with zero attached hydrogens (tertiary/aromatic N) is 2. The van der Waals surface area contributed by atoms with Crippen molar-refractivity contribution in [2.75, 3.05) is 5.32 Å². The molecule has 6 nitrogen and oxygen atoms in total. The van der Waals surface area contributed by atoms with Crippen molar-refractivity contribution in [1.29, 1.82) is 5.26 Å². The molecule has 1 aromatic heterocycles. The lowest BCUT2D eigenvalue weighted by atomic mass is 10.1. The van der Waals surface area contributed by atoms with Crippen molar-refractivity contribution in [3.05, 3.63) is 46.6 Å².